The molecule has 168 valence electrons. The molecule has 0 aliphatic heterocycles. The summed E-state index contributed by atoms with van der Waals surface area (Å²) in [5.74, 6) is -0.907. The summed E-state index contributed by atoms with van der Waals surface area (Å²) < 4.78 is 7.37. The SMILES string of the molecule is CCOc1cccc(NC(=O)C(C#N)=Cc2cc(C)n(-c3cc(C(=O)O)ccc3C)c2C)c1. The predicted molar refractivity (Wildman–Crippen MR) is 127 cm³/mol. The number of amides is 1. The maximum atomic E-state index is 12.7. The number of nitrogens with zero attached hydrogens (tertiary/aromatic N) is 2. The predicted octanol–water partition coefficient (Wildman–Crippen LogP) is 5.05. The standard InChI is InChI=1S/C26H25N3O4/c1-5-33-23-8-6-7-22(14-23)28-25(30)21(15-27)12-20-11-17(3)29(18(20)4)24-13-19(26(31)32)10-9-16(24)2/h6-14H,5H2,1-4H3,(H,28,30)(H,31,32). The van der Waals surface area contributed by atoms with Gasteiger partial charge in [-0.15, -0.1) is 0 Å². The summed E-state index contributed by atoms with van der Waals surface area (Å²) in [7, 11) is 0. The first-order valence-electron chi connectivity index (χ1n) is 10.4. The molecule has 1 aromatic heterocycles. The minimum Gasteiger partial charge on any atom is -0.494 e. The highest BCUT2D eigenvalue weighted by Crippen LogP contribution is 2.26. The fourth-order valence-corrected chi connectivity index (χ4v) is 3.62. The molecule has 3 rings (SSSR count). The quantitative estimate of drug-likeness (QED) is 0.393. The second-order valence-electron chi connectivity index (χ2n) is 7.55. The summed E-state index contributed by atoms with van der Waals surface area (Å²) in [5.41, 5.74) is 4.65. The maximum absolute atomic E-state index is 12.7. The molecular formula is C26H25N3O4. The van der Waals surface area contributed by atoms with Crippen molar-refractivity contribution in [3.05, 3.63) is 82.2 Å². The second kappa shape index (κ2) is 9.88. The van der Waals surface area contributed by atoms with Gasteiger partial charge in [-0.1, -0.05) is 12.1 Å². The smallest absolute Gasteiger partial charge is 0.335 e. The Morgan fingerprint density at radius 3 is 2.58 bits per heavy atom. The lowest BCUT2D eigenvalue weighted by Crippen LogP contribution is -2.13. The van der Waals surface area contributed by atoms with Crippen LogP contribution in [0.15, 0.2) is 54.1 Å². The van der Waals surface area contributed by atoms with E-state index in [1.807, 2.05) is 44.4 Å². The van der Waals surface area contributed by atoms with Gasteiger partial charge in [-0.05, 0) is 75.2 Å². The van der Waals surface area contributed by atoms with Crippen molar-refractivity contribution in [3.63, 3.8) is 0 Å². The summed E-state index contributed by atoms with van der Waals surface area (Å²) in [6.07, 6.45) is 1.54. The third-order valence-electron chi connectivity index (χ3n) is 5.24. The Morgan fingerprint density at radius 1 is 1.15 bits per heavy atom. The van der Waals surface area contributed by atoms with Gasteiger partial charge in [0.2, 0.25) is 0 Å². The van der Waals surface area contributed by atoms with E-state index in [9.17, 15) is 20.0 Å². The molecule has 0 bridgehead atoms. The zero-order valence-electron chi connectivity index (χ0n) is 19.0. The molecule has 0 radical (unpaired) electrons. The monoisotopic (exact) mass is 443 g/mol. The van der Waals surface area contributed by atoms with E-state index in [1.165, 1.54) is 6.08 Å². The summed E-state index contributed by atoms with van der Waals surface area (Å²) in [4.78, 5) is 24.2. The summed E-state index contributed by atoms with van der Waals surface area (Å²) >= 11 is 0. The van der Waals surface area contributed by atoms with E-state index in [0.717, 1.165) is 22.6 Å². The minimum absolute atomic E-state index is 0.0481. The molecule has 0 aliphatic carbocycles. The number of carbonyl (C=O) groups is 2. The number of hydrogen-bond donors (Lipinski definition) is 2. The number of aromatic nitrogens is 1. The summed E-state index contributed by atoms with van der Waals surface area (Å²) in [6.45, 7) is 8.04. The van der Waals surface area contributed by atoms with E-state index in [4.69, 9.17) is 4.74 Å². The van der Waals surface area contributed by atoms with Crippen molar-refractivity contribution >= 4 is 23.6 Å². The van der Waals surface area contributed by atoms with Crippen molar-refractivity contribution in [2.75, 3.05) is 11.9 Å². The van der Waals surface area contributed by atoms with Crippen LogP contribution in [0.4, 0.5) is 5.69 Å². The molecule has 0 fully saturated rings. The topological polar surface area (TPSA) is 104 Å². The highest BCUT2D eigenvalue weighted by molar-refractivity contribution is 6.09. The molecule has 2 aromatic carbocycles. The van der Waals surface area contributed by atoms with E-state index >= 15 is 0 Å². The van der Waals surface area contributed by atoms with Crippen molar-refractivity contribution in [2.45, 2.75) is 27.7 Å². The maximum Gasteiger partial charge on any atom is 0.335 e. The number of ether oxygens (including phenoxy) is 1. The van der Waals surface area contributed by atoms with E-state index in [0.29, 0.717) is 23.6 Å². The van der Waals surface area contributed by atoms with Gasteiger partial charge >= 0.3 is 5.97 Å². The number of carboxylic acids is 1. The Bertz CT molecular complexity index is 1300. The fraction of sp³-hybridized carbons (Fsp3) is 0.192. The van der Waals surface area contributed by atoms with Crippen LogP contribution in [0.5, 0.6) is 5.75 Å². The van der Waals surface area contributed by atoms with Crippen LogP contribution in [-0.2, 0) is 4.79 Å². The lowest BCUT2D eigenvalue weighted by molar-refractivity contribution is -0.112. The van der Waals surface area contributed by atoms with Gasteiger partial charge in [0, 0.05) is 28.8 Å². The molecule has 0 unspecified atom stereocenters. The molecule has 0 spiro atoms. The van der Waals surface area contributed by atoms with Crippen LogP contribution in [0.3, 0.4) is 0 Å². The zero-order chi connectivity index (χ0) is 24.1. The largest absolute Gasteiger partial charge is 0.494 e. The van der Waals surface area contributed by atoms with Gasteiger partial charge in [0.15, 0.2) is 0 Å². The first-order valence-corrected chi connectivity index (χ1v) is 10.4. The van der Waals surface area contributed by atoms with Crippen molar-refractivity contribution in [1.82, 2.24) is 4.57 Å². The molecule has 2 N–H and O–H groups in total. The van der Waals surface area contributed by atoms with Crippen LogP contribution in [0.1, 0.15) is 39.8 Å². The van der Waals surface area contributed by atoms with Gasteiger partial charge in [-0.25, -0.2) is 4.79 Å². The highest BCUT2D eigenvalue weighted by Gasteiger charge is 2.16. The average molecular weight is 444 g/mol. The third-order valence-corrected chi connectivity index (χ3v) is 5.24. The molecule has 7 heteroatoms. The van der Waals surface area contributed by atoms with Crippen LogP contribution in [-0.4, -0.2) is 28.2 Å². The van der Waals surface area contributed by atoms with Gasteiger partial charge in [0.25, 0.3) is 5.91 Å². The third kappa shape index (κ3) is 5.13. The van der Waals surface area contributed by atoms with Crippen LogP contribution in [0, 0.1) is 32.1 Å². The molecule has 7 nitrogen and oxygen atoms in total. The van der Waals surface area contributed by atoms with Gasteiger partial charge in [-0.3, -0.25) is 4.79 Å². The Morgan fingerprint density at radius 2 is 1.91 bits per heavy atom. The minimum atomic E-state index is -1.00. The van der Waals surface area contributed by atoms with Crippen molar-refractivity contribution in [1.29, 1.82) is 5.26 Å². The number of nitrogens with one attached hydrogen (secondary N) is 1. The zero-order valence-corrected chi connectivity index (χ0v) is 19.0. The molecular weight excluding hydrogens is 418 g/mol. The molecule has 1 amide bonds. The number of aryl methyl sites for hydroxylation is 2. The molecule has 1 heterocycles. The van der Waals surface area contributed by atoms with Crippen molar-refractivity contribution in [2.24, 2.45) is 0 Å². The summed E-state index contributed by atoms with van der Waals surface area (Å²) in [6, 6.07) is 15.7. The van der Waals surface area contributed by atoms with Crippen LogP contribution in [0.25, 0.3) is 11.8 Å². The lowest BCUT2D eigenvalue weighted by atomic mass is 10.1. The number of carbonyl (C=O) groups excluding carboxylic acids is 1. The van der Waals surface area contributed by atoms with Crippen LogP contribution >= 0.6 is 0 Å². The fourth-order valence-electron chi connectivity index (χ4n) is 3.62. The van der Waals surface area contributed by atoms with Gasteiger partial charge in [0.1, 0.15) is 17.4 Å². The second-order valence-corrected chi connectivity index (χ2v) is 7.55. The van der Waals surface area contributed by atoms with Crippen LogP contribution < -0.4 is 10.1 Å². The molecule has 3 aromatic rings. The molecule has 0 saturated heterocycles. The highest BCUT2D eigenvalue weighted by atomic mass is 16.5. The van der Waals surface area contributed by atoms with E-state index in [2.05, 4.69) is 5.32 Å². The molecule has 0 aliphatic rings. The van der Waals surface area contributed by atoms with E-state index in [-0.39, 0.29) is 11.1 Å². The number of aromatic carboxylic acids is 1. The first-order chi connectivity index (χ1) is 15.7. The summed E-state index contributed by atoms with van der Waals surface area (Å²) in [5, 5.41) is 21.7. The molecule has 0 saturated carbocycles. The van der Waals surface area contributed by atoms with Crippen molar-refractivity contribution in [3.8, 4) is 17.5 Å². The number of hydrogen-bond acceptors (Lipinski definition) is 4. The number of nitriles is 1. The normalized spacial score (nSPS) is 11.1. The number of benzene rings is 2. The Kier molecular flexibility index (Phi) is 6.99. The van der Waals surface area contributed by atoms with Gasteiger partial charge in [-0.2, -0.15) is 5.26 Å². The average Bonchev–Trinajstić information content (AvgIpc) is 3.05. The number of anilines is 1. The van der Waals surface area contributed by atoms with Gasteiger partial charge in [0.05, 0.1) is 12.2 Å². The Labute approximate surface area is 192 Å². The first kappa shape index (κ1) is 23.4. The van der Waals surface area contributed by atoms with E-state index in [1.54, 1.807) is 42.5 Å². The van der Waals surface area contributed by atoms with Gasteiger partial charge < -0.3 is 19.7 Å². The Balaban J connectivity index is 1.95. The van der Waals surface area contributed by atoms with E-state index < -0.39 is 11.9 Å². The lowest BCUT2D eigenvalue weighted by Gasteiger charge is -2.13. The Hall–Kier alpha value is -4.31. The van der Waals surface area contributed by atoms with Crippen LogP contribution in [0.2, 0.25) is 0 Å². The van der Waals surface area contributed by atoms with Crippen molar-refractivity contribution < 1.29 is 19.4 Å². The number of carboxylic acid groups (broad SMARTS) is 1. The number of rotatable bonds is 7. The molecule has 0 atom stereocenters. The molecule has 33 heavy (non-hydrogen) atoms.